The molecule has 1 N–H and O–H groups in total. The molecule has 3 heteroatoms. The number of hydrogen-bond donors (Lipinski definition) is 1. The number of thiophene rings is 1. The van der Waals surface area contributed by atoms with Gasteiger partial charge in [0.25, 0.3) is 0 Å². The summed E-state index contributed by atoms with van der Waals surface area (Å²) in [6.07, 6.45) is 3.81. The fraction of sp³-hybridized carbons (Fsp3) is 0.188. The SMILES string of the molecule is CNC(c1cnccc1C)c1cccc2ccsc12. The number of aryl methyl sites for hydroxylation is 1. The predicted molar refractivity (Wildman–Crippen MR) is 81.7 cm³/mol. The van der Waals surface area contributed by atoms with E-state index in [2.05, 4.69) is 52.9 Å². The van der Waals surface area contributed by atoms with E-state index in [0.717, 1.165) is 0 Å². The number of fused-ring (bicyclic) bond motifs is 1. The highest BCUT2D eigenvalue weighted by Gasteiger charge is 2.17. The second-order valence-corrected chi connectivity index (χ2v) is 5.56. The lowest BCUT2D eigenvalue weighted by Gasteiger charge is -2.19. The average Bonchev–Trinajstić information content (AvgIpc) is 2.91. The third-order valence-corrected chi connectivity index (χ3v) is 4.48. The van der Waals surface area contributed by atoms with Gasteiger partial charge in [0.2, 0.25) is 0 Å². The fourth-order valence-electron chi connectivity index (χ4n) is 2.50. The molecule has 0 radical (unpaired) electrons. The summed E-state index contributed by atoms with van der Waals surface area (Å²) < 4.78 is 1.35. The molecular formula is C16H16N2S. The van der Waals surface area contributed by atoms with E-state index in [1.165, 1.54) is 26.8 Å². The van der Waals surface area contributed by atoms with Crippen molar-refractivity contribution in [2.75, 3.05) is 7.05 Å². The minimum atomic E-state index is 0.191. The molecule has 2 heterocycles. The Morgan fingerprint density at radius 2 is 2.05 bits per heavy atom. The fourth-order valence-corrected chi connectivity index (χ4v) is 3.45. The molecule has 0 aliphatic rings. The molecule has 2 aromatic heterocycles. The van der Waals surface area contributed by atoms with Gasteiger partial charge in [-0.1, -0.05) is 18.2 Å². The molecule has 2 nitrogen and oxygen atoms in total. The molecule has 3 aromatic rings. The summed E-state index contributed by atoms with van der Waals surface area (Å²) in [6, 6.07) is 10.9. The van der Waals surface area contributed by atoms with Gasteiger partial charge in [0.05, 0.1) is 6.04 Å². The van der Waals surface area contributed by atoms with Crippen molar-refractivity contribution in [3.05, 3.63) is 64.8 Å². The molecule has 0 saturated heterocycles. The first-order valence-corrected chi connectivity index (χ1v) is 7.23. The van der Waals surface area contributed by atoms with Gasteiger partial charge >= 0.3 is 0 Å². The van der Waals surface area contributed by atoms with Crippen molar-refractivity contribution in [2.24, 2.45) is 0 Å². The van der Waals surface area contributed by atoms with Gasteiger partial charge in [0.15, 0.2) is 0 Å². The van der Waals surface area contributed by atoms with Crippen LogP contribution in [-0.2, 0) is 0 Å². The molecule has 0 bridgehead atoms. The van der Waals surface area contributed by atoms with E-state index in [-0.39, 0.29) is 6.04 Å². The zero-order valence-electron chi connectivity index (χ0n) is 11.1. The second kappa shape index (κ2) is 5.11. The summed E-state index contributed by atoms with van der Waals surface area (Å²) in [6.45, 7) is 2.13. The smallest absolute Gasteiger partial charge is 0.0606 e. The summed E-state index contributed by atoms with van der Waals surface area (Å²) >= 11 is 1.80. The van der Waals surface area contributed by atoms with Crippen LogP contribution in [-0.4, -0.2) is 12.0 Å². The van der Waals surface area contributed by atoms with Crippen LogP contribution in [0.3, 0.4) is 0 Å². The van der Waals surface area contributed by atoms with Crippen LogP contribution < -0.4 is 5.32 Å². The molecule has 0 aliphatic heterocycles. The molecule has 19 heavy (non-hydrogen) atoms. The number of benzene rings is 1. The van der Waals surface area contributed by atoms with Crippen molar-refractivity contribution < 1.29 is 0 Å². The minimum Gasteiger partial charge on any atom is -0.309 e. The topological polar surface area (TPSA) is 24.9 Å². The van der Waals surface area contributed by atoms with Crippen molar-refractivity contribution in [3.63, 3.8) is 0 Å². The molecule has 0 saturated carbocycles. The Kier molecular flexibility index (Phi) is 3.32. The molecule has 0 amide bonds. The Balaban J connectivity index is 2.18. The molecule has 1 unspecified atom stereocenters. The van der Waals surface area contributed by atoms with Gasteiger partial charge in [-0.3, -0.25) is 4.98 Å². The van der Waals surface area contributed by atoms with Crippen molar-refractivity contribution >= 4 is 21.4 Å². The third kappa shape index (κ3) is 2.15. The van der Waals surface area contributed by atoms with Crippen LogP contribution in [0, 0.1) is 6.92 Å². The van der Waals surface area contributed by atoms with Crippen LogP contribution in [0.5, 0.6) is 0 Å². The summed E-state index contributed by atoms with van der Waals surface area (Å²) in [4.78, 5) is 4.27. The Morgan fingerprint density at radius 1 is 1.16 bits per heavy atom. The van der Waals surface area contributed by atoms with Crippen LogP contribution in [0.2, 0.25) is 0 Å². The van der Waals surface area contributed by atoms with E-state index < -0.39 is 0 Å². The number of nitrogens with one attached hydrogen (secondary N) is 1. The van der Waals surface area contributed by atoms with E-state index in [1.54, 1.807) is 11.3 Å². The first-order chi connectivity index (χ1) is 9.31. The van der Waals surface area contributed by atoms with Gasteiger partial charge in [0, 0.05) is 17.1 Å². The highest BCUT2D eigenvalue weighted by atomic mass is 32.1. The second-order valence-electron chi connectivity index (χ2n) is 4.64. The predicted octanol–water partition coefficient (Wildman–Crippen LogP) is 3.91. The van der Waals surface area contributed by atoms with Gasteiger partial charge in [-0.25, -0.2) is 0 Å². The van der Waals surface area contributed by atoms with E-state index in [4.69, 9.17) is 0 Å². The third-order valence-electron chi connectivity index (χ3n) is 3.50. The molecule has 3 rings (SSSR count). The monoisotopic (exact) mass is 268 g/mol. The van der Waals surface area contributed by atoms with E-state index >= 15 is 0 Å². The molecule has 0 fully saturated rings. The molecule has 96 valence electrons. The van der Waals surface area contributed by atoms with E-state index in [1.807, 2.05) is 19.4 Å². The van der Waals surface area contributed by atoms with Crippen LogP contribution in [0.1, 0.15) is 22.7 Å². The highest BCUT2D eigenvalue weighted by Crippen LogP contribution is 2.32. The summed E-state index contributed by atoms with van der Waals surface area (Å²) in [5.74, 6) is 0. The molecule has 1 atom stereocenters. The number of hydrogen-bond acceptors (Lipinski definition) is 3. The summed E-state index contributed by atoms with van der Waals surface area (Å²) in [5, 5.41) is 6.88. The molecular weight excluding hydrogens is 252 g/mol. The maximum absolute atomic E-state index is 4.27. The molecule has 0 spiro atoms. The van der Waals surface area contributed by atoms with Crippen molar-refractivity contribution in [2.45, 2.75) is 13.0 Å². The quantitative estimate of drug-likeness (QED) is 0.779. The van der Waals surface area contributed by atoms with Gasteiger partial charge < -0.3 is 5.32 Å². The van der Waals surface area contributed by atoms with Gasteiger partial charge in [0.1, 0.15) is 0 Å². The largest absolute Gasteiger partial charge is 0.309 e. The van der Waals surface area contributed by atoms with Crippen LogP contribution in [0.25, 0.3) is 10.1 Å². The number of nitrogens with zero attached hydrogens (tertiary/aromatic N) is 1. The Morgan fingerprint density at radius 3 is 2.84 bits per heavy atom. The number of pyridine rings is 1. The highest BCUT2D eigenvalue weighted by molar-refractivity contribution is 7.17. The van der Waals surface area contributed by atoms with E-state index in [9.17, 15) is 0 Å². The summed E-state index contributed by atoms with van der Waals surface area (Å²) in [5.41, 5.74) is 3.83. The Hall–Kier alpha value is -1.71. The maximum atomic E-state index is 4.27. The average molecular weight is 268 g/mol. The number of aromatic nitrogens is 1. The van der Waals surface area contributed by atoms with Crippen LogP contribution in [0.15, 0.2) is 48.1 Å². The van der Waals surface area contributed by atoms with Crippen LogP contribution in [0.4, 0.5) is 0 Å². The zero-order chi connectivity index (χ0) is 13.2. The Labute approximate surface area is 117 Å². The minimum absolute atomic E-state index is 0.191. The Bertz CT molecular complexity index is 703. The molecule has 1 aromatic carbocycles. The summed E-state index contributed by atoms with van der Waals surface area (Å²) in [7, 11) is 2.00. The van der Waals surface area contributed by atoms with Crippen LogP contribution >= 0.6 is 11.3 Å². The van der Waals surface area contributed by atoms with E-state index in [0.29, 0.717) is 0 Å². The standard InChI is InChI=1S/C16H16N2S/c1-11-6-8-18-10-14(11)15(17-2)13-5-3-4-12-7-9-19-16(12)13/h3-10,15,17H,1-2H3. The van der Waals surface area contributed by atoms with Gasteiger partial charge in [-0.05, 0) is 53.6 Å². The van der Waals surface area contributed by atoms with Crippen molar-refractivity contribution in [1.82, 2.24) is 10.3 Å². The van der Waals surface area contributed by atoms with Crippen molar-refractivity contribution in [3.8, 4) is 0 Å². The first-order valence-electron chi connectivity index (χ1n) is 6.35. The lowest BCUT2D eigenvalue weighted by molar-refractivity contribution is 0.690. The maximum Gasteiger partial charge on any atom is 0.0606 e. The molecule has 0 aliphatic carbocycles. The first kappa shape index (κ1) is 12.3. The van der Waals surface area contributed by atoms with Gasteiger partial charge in [-0.2, -0.15) is 0 Å². The zero-order valence-corrected chi connectivity index (χ0v) is 11.9. The number of rotatable bonds is 3. The lowest BCUT2D eigenvalue weighted by Crippen LogP contribution is -2.19. The van der Waals surface area contributed by atoms with Crippen molar-refractivity contribution in [1.29, 1.82) is 0 Å². The van der Waals surface area contributed by atoms with Gasteiger partial charge in [-0.15, -0.1) is 11.3 Å². The normalized spacial score (nSPS) is 12.7. The lowest BCUT2D eigenvalue weighted by atomic mass is 9.96.